The van der Waals surface area contributed by atoms with Gasteiger partial charge >= 0.3 is 0 Å². The number of ether oxygens (including phenoxy) is 1. The maximum absolute atomic E-state index is 12.6. The number of carbonyl (C=O) groups is 1. The van der Waals surface area contributed by atoms with E-state index in [1.165, 1.54) is 12.1 Å². The Kier molecular flexibility index (Phi) is 8.69. The highest BCUT2D eigenvalue weighted by Gasteiger charge is 2.33. The van der Waals surface area contributed by atoms with Gasteiger partial charge in [0.1, 0.15) is 0 Å². The standard InChI is InChI=1S/C18H28N2O4S.ClH/c1-14(2)17(21)15-4-6-16(7-5-15)25(22,23)20-12-18(13-24-3)8-10-19-11-9-18;/h4-7,14,19-20H,8-13H2,1-3H3;1H. The fraction of sp³-hybridized carbons (Fsp3) is 0.611. The Morgan fingerprint density at radius 3 is 2.31 bits per heavy atom. The van der Waals surface area contributed by atoms with Crippen LogP contribution in [0.5, 0.6) is 0 Å². The van der Waals surface area contributed by atoms with Crippen molar-refractivity contribution in [2.24, 2.45) is 11.3 Å². The zero-order valence-electron chi connectivity index (χ0n) is 15.6. The predicted octanol–water partition coefficient (Wildman–Crippen LogP) is 2.24. The van der Waals surface area contributed by atoms with Crippen LogP contribution in [-0.4, -0.2) is 47.6 Å². The number of ketones is 1. The second kappa shape index (κ2) is 9.80. The summed E-state index contributed by atoms with van der Waals surface area (Å²) in [7, 11) is -1.97. The van der Waals surface area contributed by atoms with Gasteiger partial charge in [-0.15, -0.1) is 12.4 Å². The maximum atomic E-state index is 12.6. The van der Waals surface area contributed by atoms with Crippen molar-refractivity contribution in [1.82, 2.24) is 10.0 Å². The van der Waals surface area contributed by atoms with Gasteiger partial charge in [-0.05, 0) is 38.1 Å². The molecule has 1 saturated heterocycles. The number of Topliss-reactive ketones (excluding diaryl/α,β-unsaturated/α-hetero) is 1. The molecule has 1 aromatic carbocycles. The first-order chi connectivity index (χ1) is 11.8. The fourth-order valence-corrected chi connectivity index (χ4v) is 4.26. The summed E-state index contributed by atoms with van der Waals surface area (Å²) < 4.78 is 33.2. The molecule has 0 aromatic heterocycles. The number of piperidine rings is 1. The summed E-state index contributed by atoms with van der Waals surface area (Å²) in [5, 5.41) is 3.29. The van der Waals surface area contributed by atoms with E-state index >= 15 is 0 Å². The molecular formula is C18H29ClN2O4S. The van der Waals surface area contributed by atoms with Crippen molar-refractivity contribution in [2.75, 3.05) is 33.4 Å². The molecule has 1 aliphatic heterocycles. The lowest BCUT2D eigenvalue weighted by Crippen LogP contribution is -2.47. The molecule has 148 valence electrons. The van der Waals surface area contributed by atoms with E-state index in [0.717, 1.165) is 25.9 Å². The molecule has 0 aliphatic carbocycles. The minimum Gasteiger partial charge on any atom is -0.384 e. The molecular weight excluding hydrogens is 376 g/mol. The molecule has 8 heteroatoms. The molecule has 6 nitrogen and oxygen atoms in total. The zero-order valence-corrected chi connectivity index (χ0v) is 17.2. The fourth-order valence-electron chi connectivity index (χ4n) is 3.10. The topological polar surface area (TPSA) is 84.5 Å². The number of halogens is 1. The summed E-state index contributed by atoms with van der Waals surface area (Å²) in [6, 6.07) is 6.13. The van der Waals surface area contributed by atoms with Crippen LogP contribution < -0.4 is 10.0 Å². The lowest BCUT2D eigenvalue weighted by atomic mass is 9.80. The highest BCUT2D eigenvalue weighted by atomic mass is 35.5. The molecule has 26 heavy (non-hydrogen) atoms. The Morgan fingerprint density at radius 2 is 1.81 bits per heavy atom. The third-order valence-corrected chi connectivity index (χ3v) is 6.14. The number of rotatable bonds is 8. The first kappa shape index (κ1) is 23.0. The van der Waals surface area contributed by atoms with Crippen molar-refractivity contribution in [2.45, 2.75) is 31.6 Å². The highest BCUT2D eigenvalue weighted by molar-refractivity contribution is 7.89. The molecule has 1 fully saturated rings. The summed E-state index contributed by atoms with van der Waals surface area (Å²) in [5.74, 6) is -0.111. The van der Waals surface area contributed by atoms with Crippen LogP contribution in [0.1, 0.15) is 37.0 Å². The molecule has 0 spiro atoms. The molecule has 2 N–H and O–H groups in total. The molecule has 1 aromatic rings. The second-order valence-corrected chi connectivity index (χ2v) is 8.82. The van der Waals surface area contributed by atoms with Crippen molar-refractivity contribution in [3.05, 3.63) is 29.8 Å². The quantitative estimate of drug-likeness (QED) is 0.649. The summed E-state index contributed by atoms with van der Waals surface area (Å²) in [5.41, 5.74) is 0.351. The van der Waals surface area contributed by atoms with Gasteiger partial charge in [-0.2, -0.15) is 0 Å². The van der Waals surface area contributed by atoms with Gasteiger partial charge in [0.05, 0.1) is 11.5 Å². The first-order valence-corrected chi connectivity index (χ1v) is 10.1. The zero-order chi connectivity index (χ0) is 18.5. The molecule has 2 rings (SSSR count). The monoisotopic (exact) mass is 404 g/mol. The van der Waals surface area contributed by atoms with E-state index in [9.17, 15) is 13.2 Å². The van der Waals surface area contributed by atoms with Crippen LogP contribution in [0.25, 0.3) is 0 Å². The summed E-state index contributed by atoms with van der Waals surface area (Å²) in [4.78, 5) is 12.1. The van der Waals surface area contributed by atoms with E-state index < -0.39 is 10.0 Å². The SMILES string of the molecule is COCC1(CNS(=O)(=O)c2ccc(C(=O)C(C)C)cc2)CCNCC1.Cl. The Labute approximate surface area is 162 Å². The third kappa shape index (κ3) is 5.76. The van der Waals surface area contributed by atoms with Crippen LogP contribution in [-0.2, 0) is 14.8 Å². The van der Waals surface area contributed by atoms with Gasteiger partial charge in [0, 0.05) is 30.6 Å². The number of hydrogen-bond acceptors (Lipinski definition) is 5. The van der Waals surface area contributed by atoms with Gasteiger partial charge < -0.3 is 10.1 Å². The van der Waals surface area contributed by atoms with Crippen LogP contribution in [0.15, 0.2) is 29.2 Å². The Morgan fingerprint density at radius 1 is 1.23 bits per heavy atom. The number of benzene rings is 1. The van der Waals surface area contributed by atoms with Crippen LogP contribution in [0.4, 0.5) is 0 Å². The Balaban J connectivity index is 0.00000338. The predicted molar refractivity (Wildman–Crippen MR) is 104 cm³/mol. The normalized spacial score (nSPS) is 16.9. The van der Waals surface area contributed by atoms with E-state index in [1.807, 2.05) is 13.8 Å². The van der Waals surface area contributed by atoms with Crippen molar-refractivity contribution < 1.29 is 17.9 Å². The number of hydrogen-bond donors (Lipinski definition) is 2. The number of sulfonamides is 1. The molecule has 1 heterocycles. The summed E-state index contributed by atoms with van der Waals surface area (Å²) in [6.07, 6.45) is 1.73. The van der Waals surface area contributed by atoms with Gasteiger partial charge in [-0.1, -0.05) is 26.0 Å². The summed E-state index contributed by atoms with van der Waals surface area (Å²) >= 11 is 0. The van der Waals surface area contributed by atoms with E-state index in [4.69, 9.17) is 4.74 Å². The molecule has 0 unspecified atom stereocenters. The van der Waals surface area contributed by atoms with Crippen molar-refractivity contribution in [1.29, 1.82) is 0 Å². The molecule has 0 bridgehead atoms. The smallest absolute Gasteiger partial charge is 0.240 e. The minimum absolute atomic E-state index is 0. The van der Waals surface area contributed by atoms with Crippen LogP contribution >= 0.6 is 12.4 Å². The third-order valence-electron chi connectivity index (χ3n) is 4.73. The number of carbonyl (C=O) groups excluding carboxylic acids is 1. The highest BCUT2D eigenvalue weighted by Crippen LogP contribution is 2.29. The average molecular weight is 405 g/mol. The van der Waals surface area contributed by atoms with Crippen LogP contribution in [0, 0.1) is 11.3 Å². The first-order valence-electron chi connectivity index (χ1n) is 8.63. The van der Waals surface area contributed by atoms with E-state index in [0.29, 0.717) is 18.7 Å². The Hall–Kier alpha value is -0.990. The van der Waals surface area contributed by atoms with E-state index in [1.54, 1.807) is 19.2 Å². The molecule has 0 saturated carbocycles. The van der Waals surface area contributed by atoms with E-state index in [2.05, 4.69) is 10.0 Å². The van der Waals surface area contributed by atoms with Crippen molar-refractivity contribution in [3.8, 4) is 0 Å². The summed E-state index contributed by atoms with van der Waals surface area (Å²) in [6.45, 7) is 6.23. The van der Waals surface area contributed by atoms with Crippen LogP contribution in [0.2, 0.25) is 0 Å². The average Bonchev–Trinajstić information content (AvgIpc) is 2.61. The van der Waals surface area contributed by atoms with Gasteiger partial charge in [0.15, 0.2) is 5.78 Å². The lowest BCUT2D eigenvalue weighted by molar-refractivity contribution is 0.0577. The molecule has 0 amide bonds. The Bertz CT molecular complexity index is 678. The molecule has 0 radical (unpaired) electrons. The molecule has 1 aliphatic rings. The van der Waals surface area contributed by atoms with Crippen LogP contribution in [0.3, 0.4) is 0 Å². The van der Waals surface area contributed by atoms with Gasteiger partial charge in [-0.25, -0.2) is 13.1 Å². The van der Waals surface area contributed by atoms with Gasteiger partial charge in [-0.3, -0.25) is 4.79 Å². The van der Waals surface area contributed by atoms with Gasteiger partial charge in [0.25, 0.3) is 0 Å². The van der Waals surface area contributed by atoms with Gasteiger partial charge in [0.2, 0.25) is 10.0 Å². The number of nitrogens with one attached hydrogen (secondary N) is 2. The second-order valence-electron chi connectivity index (χ2n) is 7.05. The minimum atomic E-state index is -3.62. The molecule has 0 atom stereocenters. The lowest BCUT2D eigenvalue weighted by Gasteiger charge is -2.37. The number of methoxy groups -OCH3 is 1. The van der Waals surface area contributed by atoms with E-state index in [-0.39, 0.29) is 34.4 Å². The maximum Gasteiger partial charge on any atom is 0.240 e. The largest absolute Gasteiger partial charge is 0.384 e. The van der Waals surface area contributed by atoms with Crippen molar-refractivity contribution >= 4 is 28.2 Å². The van der Waals surface area contributed by atoms with Crippen molar-refractivity contribution in [3.63, 3.8) is 0 Å².